The van der Waals surface area contributed by atoms with Crippen LogP contribution in [0.4, 0.5) is 23.1 Å². The van der Waals surface area contributed by atoms with Crippen LogP contribution in [0.5, 0.6) is 0 Å². The van der Waals surface area contributed by atoms with Crippen LogP contribution in [0.3, 0.4) is 0 Å². The summed E-state index contributed by atoms with van der Waals surface area (Å²) in [5, 5.41) is 2.84. The summed E-state index contributed by atoms with van der Waals surface area (Å²) >= 11 is 1.01. The highest BCUT2D eigenvalue weighted by Gasteiger charge is 2.57. The van der Waals surface area contributed by atoms with Crippen LogP contribution in [0.1, 0.15) is 22.0 Å². The Kier molecular flexibility index (Phi) is 7.25. The summed E-state index contributed by atoms with van der Waals surface area (Å²) in [6.07, 6.45) is -4.23. The van der Waals surface area contributed by atoms with Gasteiger partial charge in [0, 0.05) is 11.1 Å². The average molecular weight is 533 g/mol. The smallest absolute Gasteiger partial charge is 0.385 e. The summed E-state index contributed by atoms with van der Waals surface area (Å²) in [4.78, 5) is 54.9. The second-order valence-corrected chi connectivity index (χ2v) is 9.19. The van der Waals surface area contributed by atoms with E-state index in [1.165, 1.54) is 6.20 Å². The zero-order chi connectivity index (χ0) is 26.7. The number of rotatable bonds is 6. The van der Waals surface area contributed by atoms with Gasteiger partial charge < -0.3 is 15.8 Å². The van der Waals surface area contributed by atoms with Crippen molar-refractivity contribution >= 4 is 40.3 Å². The molecule has 37 heavy (non-hydrogen) atoms. The number of hydrogen-bond donors (Lipinski definition) is 2. The zero-order valence-electron chi connectivity index (χ0n) is 18.8. The van der Waals surface area contributed by atoms with E-state index in [1.54, 1.807) is 60.7 Å². The summed E-state index contributed by atoms with van der Waals surface area (Å²) in [6, 6.07) is 13.9. The minimum absolute atomic E-state index is 0.141. The Bertz CT molecular complexity index is 1280. The first kappa shape index (κ1) is 25.8. The minimum Gasteiger partial charge on any atom is -0.385 e. The third kappa shape index (κ3) is 5.61. The number of nitrogens with two attached hydrogens (primary N) is 1. The van der Waals surface area contributed by atoms with Gasteiger partial charge in [-0.25, -0.2) is 24.3 Å². The molecule has 2 aromatic carbocycles. The standard InChI is InChI=1S/C24H19F3N4O5S/c25-24(26,27)21(34)36-20(33)18-16(11-15-12-29-22(28)37-15)19(32)31(18)23(35)30-17(13-7-3-1-4-8-13)14-9-5-2-6-10-14/h1-10,12,16-18H,11H2,(H2,28,29)(H,30,35)/t16-,18+/m1/s1. The number of imide groups is 1. The van der Waals surface area contributed by atoms with Crippen molar-refractivity contribution in [3.8, 4) is 0 Å². The number of anilines is 1. The third-order valence-electron chi connectivity index (χ3n) is 5.63. The molecule has 0 saturated carbocycles. The van der Waals surface area contributed by atoms with Crippen molar-refractivity contribution in [2.75, 3.05) is 5.73 Å². The van der Waals surface area contributed by atoms with Crippen LogP contribution < -0.4 is 11.1 Å². The Morgan fingerprint density at radius 1 is 1.05 bits per heavy atom. The molecule has 0 spiro atoms. The molecule has 3 N–H and O–H groups in total. The fourth-order valence-electron chi connectivity index (χ4n) is 3.93. The summed E-state index contributed by atoms with van der Waals surface area (Å²) in [5.41, 5.74) is 6.89. The maximum Gasteiger partial charge on any atom is 0.491 e. The van der Waals surface area contributed by atoms with Crippen molar-refractivity contribution in [3.05, 3.63) is 82.9 Å². The molecule has 2 atom stereocenters. The molecule has 1 fully saturated rings. The average Bonchev–Trinajstić information content (AvgIpc) is 3.29. The Morgan fingerprint density at radius 3 is 2.11 bits per heavy atom. The number of ether oxygens (including phenoxy) is 1. The van der Waals surface area contributed by atoms with E-state index in [0.717, 1.165) is 11.3 Å². The minimum atomic E-state index is -5.44. The molecule has 192 valence electrons. The maximum absolute atomic E-state index is 13.2. The van der Waals surface area contributed by atoms with Gasteiger partial charge in [-0.1, -0.05) is 60.7 Å². The predicted octanol–water partition coefficient (Wildman–Crippen LogP) is 3.23. The summed E-state index contributed by atoms with van der Waals surface area (Å²) in [5.74, 6) is -6.50. The van der Waals surface area contributed by atoms with Crippen molar-refractivity contribution in [2.24, 2.45) is 5.92 Å². The van der Waals surface area contributed by atoms with Crippen molar-refractivity contribution in [2.45, 2.75) is 24.7 Å². The first-order chi connectivity index (χ1) is 17.6. The first-order valence-corrected chi connectivity index (χ1v) is 11.6. The number of carbonyl (C=O) groups is 4. The number of alkyl halides is 3. The van der Waals surface area contributed by atoms with Crippen LogP contribution >= 0.6 is 11.3 Å². The van der Waals surface area contributed by atoms with E-state index in [4.69, 9.17) is 5.73 Å². The van der Waals surface area contributed by atoms with Crippen LogP contribution in [-0.4, -0.2) is 46.0 Å². The number of urea groups is 1. The number of hydrogen-bond acceptors (Lipinski definition) is 8. The van der Waals surface area contributed by atoms with E-state index < -0.39 is 48.1 Å². The van der Waals surface area contributed by atoms with Gasteiger partial charge in [-0.05, 0) is 17.5 Å². The lowest BCUT2D eigenvalue weighted by molar-refractivity contribution is -0.205. The molecule has 0 radical (unpaired) electrons. The molecule has 2 heterocycles. The molecule has 1 saturated heterocycles. The Morgan fingerprint density at radius 2 is 1.62 bits per heavy atom. The predicted molar refractivity (Wildman–Crippen MR) is 125 cm³/mol. The quantitative estimate of drug-likeness (QED) is 0.283. The number of carbonyl (C=O) groups excluding carboxylic acids is 4. The van der Waals surface area contributed by atoms with E-state index in [0.29, 0.717) is 20.9 Å². The summed E-state index contributed by atoms with van der Waals surface area (Å²) in [6.45, 7) is 0. The molecular formula is C24H19F3N4O5S. The molecule has 13 heteroatoms. The molecule has 4 rings (SSSR count). The number of esters is 2. The number of β-lactam (4-membered cyclic amide) rings is 1. The lowest BCUT2D eigenvalue weighted by atomic mass is 9.84. The third-order valence-corrected chi connectivity index (χ3v) is 6.47. The highest BCUT2D eigenvalue weighted by atomic mass is 32.1. The topological polar surface area (TPSA) is 132 Å². The van der Waals surface area contributed by atoms with Crippen LogP contribution in [0.25, 0.3) is 0 Å². The number of nitrogen functional groups attached to an aromatic ring is 1. The van der Waals surface area contributed by atoms with E-state index in [1.807, 2.05) is 0 Å². The molecule has 0 unspecified atom stereocenters. The molecule has 3 amide bonds. The molecular weight excluding hydrogens is 513 g/mol. The maximum atomic E-state index is 13.2. The molecule has 1 aromatic heterocycles. The molecule has 1 aliphatic heterocycles. The van der Waals surface area contributed by atoms with Gasteiger partial charge in [0.2, 0.25) is 5.91 Å². The number of amides is 3. The van der Waals surface area contributed by atoms with E-state index in [2.05, 4.69) is 15.0 Å². The summed E-state index contributed by atoms with van der Waals surface area (Å²) in [7, 11) is 0. The fraction of sp³-hybridized carbons (Fsp3) is 0.208. The second kappa shape index (κ2) is 10.4. The number of benzene rings is 2. The zero-order valence-corrected chi connectivity index (χ0v) is 19.7. The van der Waals surface area contributed by atoms with Gasteiger partial charge in [-0.3, -0.25) is 4.79 Å². The normalized spacial score (nSPS) is 17.3. The Hall–Kier alpha value is -4.26. The van der Waals surface area contributed by atoms with Gasteiger partial charge in [-0.2, -0.15) is 13.2 Å². The van der Waals surface area contributed by atoms with Gasteiger partial charge in [0.1, 0.15) is 0 Å². The van der Waals surface area contributed by atoms with Gasteiger partial charge >= 0.3 is 24.1 Å². The van der Waals surface area contributed by atoms with Crippen molar-refractivity contribution in [1.82, 2.24) is 15.2 Å². The van der Waals surface area contributed by atoms with Crippen LogP contribution in [-0.2, 0) is 25.5 Å². The van der Waals surface area contributed by atoms with Crippen LogP contribution in [0, 0.1) is 5.92 Å². The van der Waals surface area contributed by atoms with Crippen molar-refractivity contribution < 1.29 is 37.1 Å². The molecule has 9 nitrogen and oxygen atoms in total. The summed E-state index contributed by atoms with van der Waals surface area (Å²) < 4.78 is 42.1. The Labute approximate surface area is 212 Å². The monoisotopic (exact) mass is 532 g/mol. The van der Waals surface area contributed by atoms with Gasteiger partial charge in [0.15, 0.2) is 11.2 Å². The highest BCUT2D eigenvalue weighted by Crippen LogP contribution is 2.34. The molecule has 0 aliphatic carbocycles. The number of likely N-dealkylation sites (tertiary alicyclic amines) is 1. The van der Waals surface area contributed by atoms with Gasteiger partial charge in [0.05, 0.1) is 12.0 Å². The van der Waals surface area contributed by atoms with E-state index in [-0.39, 0.29) is 11.6 Å². The molecule has 3 aromatic rings. The van der Waals surface area contributed by atoms with Crippen molar-refractivity contribution in [1.29, 1.82) is 0 Å². The second-order valence-electron chi connectivity index (χ2n) is 8.04. The van der Waals surface area contributed by atoms with E-state index in [9.17, 15) is 32.3 Å². The lowest BCUT2D eigenvalue weighted by Gasteiger charge is -2.43. The number of nitrogens with zero attached hydrogens (tertiary/aromatic N) is 2. The molecule has 1 aliphatic rings. The number of aromatic nitrogens is 1. The van der Waals surface area contributed by atoms with Crippen molar-refractivity contribution in [3.63, 3.8) is 0 Å². The number of thiazole rings is 1. The van der Waals surface area contributed by atoms with E-state index >= 15 is 0 Å². The van der Waals surface area contributed by atoms with Crippen LogP contribution in [0.15, 0.2) is 66.9 Å². The molecule has 0 bridgehead atoms. The number of halogens is 3. The Balaban J connectivity index is 1.61. The van der Waals surface area contributed by atoms with Gasteiger partial charge in [-0.15, -0.1) is 11.3 Å². The first-order valence-electron chi connectivity index (χ1n) is 10.8. The SMILES string of the molecule is Nc1ncc(C[C@H]2C(=O)N(C(=O)NC(c3ccccc3)c3ccccc3)[C@@H]2C(=O)OC(=O)C(F)(F)F)s1. The highest BCUT2D eigenvalue weighted by molar-refractivity contribution is 7.15. The van der Waals surface area contributed by atoms with Crippen LogP contribution in [0.2, 0.25) is 0 Å². The largest absolute Gasteiger partial charge is 0.491 e. The van der Waals surface area contributed by atoms with Gasteiger partial charge in [0.25, 0.3) is 0 Å². The number of nitrogens with one attached hydrogen (secondary N) is 1. The fourth-order valence-corrected chi connectivity index (χ4v) is 4.67. The lowest BCUT2D eigenvalue weighted by Crippen LogP contribution is -2.69.